The molecule has 0 aromatic heterocycles. The molecule has 0 N–H and O–H groups in total. The SMILES string of the molecule is CC1(C)Cc2ccc(N3c4cc5c(cc4B4c6cc7c(cc6N(c6ccc8c(c6)CC(C)(C)C8)c6cc(N8c9ccc(C(C)(C)C)cc9C9(C)CCCCC89C)cc3c64)CC(C)(C)C7)CC(C)(C)C5)cc2C1. The zero-order valence-electron chi connectivity index (χ0n) is 46.1. The molecule has 0 saturated heterocycles. The van der Waals surface area contributed by atoms with Crippen molar-refractivity contribution in [3.8, 4) is 0 Å². The predicted molar refractivity (Wildman–Crippen MR) is 307 cm³/mol. The molecule has 3 heterocycles. The van der Waals surface area contributed by atoms with Gasteiger partial charge in [-0.3, -0.25) is 0 Å². The van der Waals surface area contributed by atoms with Crippen molar-refractivity contribution in [2.24, 2.45) is 21.7 Å². The Bertz CT molecular complexity index is 3210. The summed E-state index contributed by atoms with van der Waals surface area (Å²) in [6.45, 7) is 32.3. The molecule has 1 saturated carbocycles. The molecule has 0 amide bonds. The largest absolute Gasteiger partial charge is 0.334 e. The van der Waals surface area contributed by atoms with Gasteiger partial charge in [0.05, 0.1) is 5.54 Å². The van der Waals surface area contributed by atoms with Crippen molar-refractivity contribution < 1.29 is 0 Å². The zero-order chi connectivity index (χ0) is 50.0. The van der Waals surface area contributed by atoms with Crippen LogP contribution in [0.4, 0.5) is 45.5 Å². The van der Waals surface area contributed by atoms with Crippen molar-refractivity contribution >= 4 is 68.6 Å². The number of anilines is 8. The molecule has 2 atom stereocenters. The van der Waals surface area contributed by atoms with Gasteiger partial charge in [-0.05, 0) is 225 Å². The van der Waals surface area contributed by atoms with E-state index < -0.39 is 0 Å². The molecule has 5 aliphatic carbocycles. The minimum atomic E-state index is -0.101. The van der Waals surface area contributed by atoms with Crippen LogP contribution in [0.1, 0.15) is 171 Å². The summed E-state index contributed by atoms with van der Waals surface area (Å²) in [6.07, 6.45) is 13.9. The molecular weight excluding hydrogens is 870 g/mol. The molecule has 3 nitrogen and oxygen atoms in total. The summed E-state index contributed by atoms with van der Waals surface area (Å²) in [5, 5.41) is 0. The topological polar surface area (TPSA) is 9.72 Å². The third kappa shape index (κ3) is 6.47. The summed E-state index contributed by atoms with van der Waals surface area (Å²) in [6, 6.07) is 39.0. The number of fused-ring (bicyclic) bond motifs is 11. The minimum Gasteiger partial charge on any atom is -0.334 e. The van der Waals surface area contributed by atoms with Crippen molar-refractivity contribution in [1.29, 1.82) is 0 Å². The first-order valence-electron chi connectivity index (χ1n) is 28.2. The summed E-state index contributed by atoms with van der Waals surface area (Å²) < 4.78 is 0. The maximum Gasteiger partial charge on any atom is 0.252 e. The van der Waals surface area contributed by atoms with E-state index in [9.17, 15) is 0 Å². The number of hydrogen-bond donors (Lipinski definition) is 0. The third-order valence-corrected chi connectivity index (χ3v) is 20.2. The summed E-state index contributed by atoms with van der Waals surface area (Å²) in [5.74, 6) is 0. The molecule has 72 heavy (non-hydrogen) atoms. The highest BCUT2D eigenvalue weighted by atomic mass is 15.3. The Morgan fingerprint density at radius 1 is 0.403 bits per heavy atom. The van der Waals surface area contributed by atoms with E-state index in [2.05, 4.69) is 196 Å². The average molecular weight is 948 g/mol. The molecule has 2 unspecified atom stereocenters. The fourth-order valence-electron chi connectivity index (χ4n) is 16.8. The highest BCUT2D eigenvalue weighted by molar-refractivity contribution is 7.00. The first-order valence-corrected chi connectivity index (χ1v) is 28.2. The van der Waals surface area contributed by atoms with E-state index in [1.807, 2.05) is 0 Å². The Morgan fingerprint density at radius 2 is 0.833 bits per heavy atom. The summed E-state index contributed by atoms with van der Waals surface area (Å²) in [7, 11) is 0. The van der Waals surface area contributed by atoms with Crippen molar-refractivity contribution in [2.45, 2.75) is 183 Å². The maximum absolute atomic E-state index is 2.88. The molecule has 368 valence electrons. The quantitative estimate of drug-likeness (QED) is 0.163. The fraction of sp³-hybridized carbons (Fsp3) is 0.471. The Hall–Kier alpha value is -5.22. The van der Waals surface area contributed by atoms with E-state index in [1.54, 1.807) is 16.7 Å². The maximum atomic E-state index is 2.88. The minimum absolute atomic E-state index is 0.0103. The number of rotatable bonds is 3. The number of nitrogens with zero attached hydrogens (tertiary/aromatic N) is 3. The molecule has 1 fully saturated rings. The van der Waals surface area contributed by atoms with E-state index in [4.69, 9.17) is 0 Å². The highest BCUT2D eigenvalue weighted by Crippen LogP contribution is 2.62. The van der Waals surface area contributed by atoms with Gasteiger partial charge in [-0.25, -0.2) is 0 Å². The fourth-order valence-corrected chi connectivity index (χ4v) is 16.8. The first kappa shape index (κ1) is 45.4. The third-order valence-electron chi connectivity index (χ3n) is 20.2. The van der Waals surface area contributed by atoms with Gasteiger partial charge in [0.15, 0.2) is 0 Å². The van der Waals surface area contributed by atoms with Gasteiger partial charge in [0.2, 0.25) is 0 Å². The molecule has 3 aliphatic heterocycles. The lowest BCUT2D eigenvalue weighted by molar-refractivity contribution is 0.195. The number of benzene rings is 6. The summed E-state index contributed by atoms with van der Waals surface area (Å²) in [5.41, 5.74) is 31.5. The van der Waals surface area contributed by atoms with Gasteiger partial charge in [0.1, 0.15) is 0 Å². The number of hydrogen-bond acceptors (Lipinski definition) is 3. The van der Waals surface area contributed by atoms with Crippen LogP contribution in [0, 0.1) is 21.7 Å². The van der Waals surface area contributed by atoms with Crippen LogP contribution in [0.15, 0.2) is 91.0 Å². The van der Waals surface area contributed by atoms with Gasteiger partial charge in [-0.1, -0.05) is 132 Å². The Kier molecular flexibility index (Phi) is 9.04. The molecular formula is C68H78BN3. The van der Waals surface area contributed by atoms with Crippen molar-refractivity contribution in [3.63, 3.8) is 0 Å². The van der Waals surface area contributed by atoms with Gasteiger partial charge in [-0.2, -0.15) is 0 Å². The summed E-state index contributed by atoms with van der Waals surface area (Å²) in [4.78, 5) is 8.44. The van der Waals surface area contributed by atoms with E-state index in [0.29, 0.717) is 0 Å². The second-order valence-corrected chi connectivity index (χ2v) is 29.5. The van der Waals surface area contributed by atoms with Crippen LogP contribution >= 0.6 is 0 Å². The molecule has 4 heteroatoms. The van der Waals surface area contributed by atoms with Crippen molar-refractivity contribution in [1.82, 2.24) is 0 Å². The van der Waals surface area contributed by atoms with Gasteiger partial charge in [0.25, 0.3) is 6.71 Å². The van der Waals surface area contributed by atoms with Crippen LogP contribution in [0.25, 0.3) is 0 Å². The van der Waals surface area contributed by atoms with Gasteiger partial charge < -0.3 is 14.7 Å². The smallest absolute Gasteiger partial charge is 0.252 e. The van der Waals surface area contributed by atoms with Gasteiger partial charge >= 0.3 is 0 Å². The molecule has 0 bridgehead atoms. The predicted octanol–water partition coefficient (Wildman–Crippen LogP) is 15.3. The molecule has 8 aliphatic rings. The Balaban J connectivity index is 1.10. The van der Waals surface area contributed by atoms with Crippen LogP contribution in [0.3, 0.4) is 0 Å². The molecule has 0 spiro atoms. The van der Waals surface area contributed by atoms with Crippen LogP contribution in [-0.2, 0) is 62.2 Å². The van der Waals surface area contributed by atoms with Crippen LogP contribution in [0.2, 0.25) is 0 Å². The van der Waals surface area contributed by atoms with Crippen LogP contribution in [0.5, 0.6) is 0 Å². The molecule has 6 aromatic rings. The second kappa shape index (κ2) is 14.3. The molecule has 6 aromatic carbocycles. The van der Waals surface area contributed by atoms with Crippen molar-refractivity contribution in [3.05, 3.63) is 147 Å². The average Bonchev–Trinajstić information content (AvgIpc) is 4.03. The lowest BCUT2D eigenvalue weighted by Gasteiger charge is -2.51. The monoisotopic (exact) mass is 948 g/mol. The standard InChI is InChI=1S/C68H78BN3/c1-62(2,3)49-18-21-56-53(30-49)67(12)22-14-15-23-68(67,13)72(56)52-31-59-61-60(32-52)71(51-20-17-42-34-64(6,7)36-44(42)25-51)58-29-48-40-66(10,11)38-46(48)27-55(58)69(61)54-26-45-37-65(8,9)39-47(45)28-57(54)70(59)50-19-16-41-33-63(4,5)35-43(41)24-50/h16-21,24-32H,14-15,22-23,33-40H2,1-13H3. The van der Waals surface area contributed by atoms with E-state index >= 15 is 0 Å². The Labute approximate surface area is 432 Å². The van der Waals surface area contributed by atoms with E-state index in [-0.39, 0.29) is 44.7 Å². The normalized spacial score (nSPS) is 24.8. The van der Waals surface area contributed by atoms with E-state index in [1.165, 1.54) is 127 Å². The molecule has 0 radical (unpaired) electrons. The zero-order valence-corrected chi connectivity index (χ0v) is 46.1. The highest BCUT2D eigenvalue weighted by Gasteiger charge is 2.58. The van der Waals surface area contributed by atoms with Gasteiger partial charge in [0, 0.05) is 50.9 Å². The van der Waals surface area contributed by atoms with Crippen LogP contribution in [-0.4, -0.2) is 12.3 Å². The Morgan fingerprint density at radius 3 is 1.31 bits per heavy atom. The second-order valence-electron chi connectivity index (χ2n) is 29.5. The van der Waals surface area contributed by atoms with Crippen molar-refractivity contribution in [2.75, 3.05) is 14.7 Å². The lowest BCUT2D eigenvalue weighted by atomic mass is 9.33. The van der Waals surface area contributed by atoms with Gasteiger partial charge in [-0.15, -0.1) is 0 Å². The summed E-state index contributed by atoms with van der Waals surface area (Å²) >= 11 is 0. The first-order chi connectivity index (χ1) is 33.9. The lowest BCUT2D eigenvalue weighted by Crippen LogP contribution is -2.62. The molecule has 14 rings (SSSR count). The van der Waals surface area contributed by atoms with Crippen LogP contribution < -0.4 is 31.1 Å². The van der Waals surface area contributed by atoms with E-state index in [0.717, 1.165) is 51.4 Å².